The van der Waals surface area contributed by atoms with E-state index in [1.54, 1.807) is 6.07 Å². The van der Waals surface area contributed by atoms with E-state index < -0.39 is 95.9 Å². The first-order chi connectivity index (χ1) is 24.9. The maximum absolute atomic E-state index is 12.8. The number of carbonyl (C=O) groups excluding carboxylic acids is 9. The van der Waals surface area contributed by atoms with Crippen LogP contribution in [0.3, 0.4) is 0 Å². The number of nitrogen functional groups attached to an aromatic ring is 1. The second kappa shape index (κ2) is 16.9. The minimum absolute atomic E-state index is 0. The number of hydrogen-bond donors (Lipinski definition) is 6. The smallest absolute Gasteiger partial charge is 0.314 e. The minimum atomic E-state index is -1.31. The lowest BCUT2D eigenvalue weighted by Gasteiger charge is -2.27. The molecule has 0 radical (unpaired) electrons. The molecule has 0 spiro atoms. The molecule has 0 aliphatic carbocycles. The summed E-state index contributed by atoms with van der Waals surface area (Å²) in [5, 5.41) is 28.3. The molecule has 6 rings (SSSR count). The lowest BCUT2D eigenvalue weighted by Crippen LogP contribution is -2.54. The summed E-state index contributed by atoms with van der Waals surface area (Å²) in [7, 11) is 0. The van der Waals surface area contributed by atoms with Crippen LogP contribution in [0.2, 0.25) is 0 Å². The Bertz CT molecular complexity index is 2010. The lowest BCUT2D eigenvalue weighted by molar-refractivity contribution is -0.147. The summed E-state index contributed by atoms with van der Waals surface area (Å²) in [6, 6.07) is 6.91. The van der Waals surface area contributed by atoms with Crippen molar-refractivity contribution in [3.8, 4) is 0 Å². The van der Waals surface area contributed by atoms with Crippen LogP contribution in [0, 0.1) is 0 Å². The van der Waals surface area contributed by atoms with Crippen molar-refractivity contribution in [2.75, 3.05) is 5.73 Å². The van der Waals surface area contributed by atoms with Crippen molar-refractivity contribution in [2.45, 2.75) is 64.5 Å². The average molecular weight is 752 g/mol. The number of amides is 8. The van der Waals surface area contributed by atoms with Gasteiger partial charge in [-0.05, 0) is 36.6 Å². The van der Waals surface area contributed by atoms with Crippen LogP contribution in [0.25, 0.3) is 0 Å². The van der Waals surface area contributed by atoms with E-state index in [0.29, 0.717) is 0 Å². The molecule has 2 unspecified atom stereocenters. The van der Waals surface area contributed by atoms with E-state index >= 15 is 0 Å². The highest BCUT2D eigenvalue weighted by Crippen LogP contribution is 2.32. The van der Waals surface area contributed by atoms with Gasteiger partial charge in [0, 0.05) is 24.9 Å². The zero-order valence-electron chi connectivity index (χ0n) is 27.3. The first kappa shape index (κ1) is 41.3. The van der Waals surface area contributed by atoms with E-state index in [2.05, 4.69) is 10.6 Å². The third-order valence-corrected chi connectivity index (χ3v) is 8.09. The van der Waals surface area contributed by atoms with E-state index in [4.69, 9.17) is 21.1 Å². The molecule has 20 nitrogen and oxygen atoms in total. The van der Waals surface area contributed by atoms with Gasteiger partial charge in [0.1, 0.15) is 30.7 Å². The number of nitrogens with zero attached hydrogens (tertiary/aromatic N) is 2. The lowest BCUT2D eigenvalue weighted by atomic mass is 9.98. The van der Waals surface area contributed by atoms with Crippen molar-refractivity contribution in [3.05, 3.63) is 64.2 Å². The molecule has 0 bridgehead atoms. The third kappa shape index (κ3) is 8.84. The summed E-state index contributed by atoms with van der Waals surface area (Å²) in [5.74, 6) is -9.27. The number of benzene rings is 2. The van der Waals surface area contributed by atoms with Gasteiger partial charge in [0.05, 0.1) is 22.3 Å². The number of carboxylic acid groups (broad SMARTS) is 3. The molecule has 54 heavy (non-hydrogen) atoms. The maximum Gasteiger partial charge on any atom is 0.314 e. The number of nitrogens with two attached hydrogens (primary N) is 1. The van der Waals surface area contributed by atoms with Gasteiger partial charge in [0.15, 0.2) is 0 Å². The van der Waals surface area contributed by atoms with Crippen LogP contribution < -0.4 is 16.4 Å². The third-order valence-electron chi connectivity index (χ3n) is 8.09. The Morgan fingerprint density at radius 2 is 1.06 bits per heavy atom. The summed E-state index contributed by atoms with van der Waals surface area (Å²) in [5.41, 5.74) is 6.54. The first-order valence-corrected chi connectivity index (χ1v) is 15.5. The highest BCUT2D eigenvalue weighted by atomic mass is 16.4. The molecule has 4 aliphatic rings. The van der Waals surface area contributed by atoms with Gasteiger partial charge < -0.3 is 21.1 Å². The molecule has 2 saturated heterocycles. The number of fused-ring (bicyclic) bond motifs is 2. The van der Waals surface area contributed by atoms with Crippen LogP contribution in [0.5, 0.6) is 0 Å². The number of piperidine rings is 2. The fourth-order valence-electron chi connectivity index (χ4n) is 5.85. The van der Waals surface area contributed by atoms with Gasteiger partial charge in [-0.2, -0.15) is 0 Å². The molecule has 7 N–H and O–H groups in total. The van der Waals surface area contributed by atoms with Crippen molar-refractivity contribution in [2.24, 2.45) is 0 Å². The summed E-state index contributed by atoms with van der Waals surface area (Å²) in [6.07, 6.45) is -1.53. The van der Waals surface area contributed by atoms with Gasteiger partial charge in [-0.25, -0.2) is 0 Å². The van der Waals surface area contributed by atoms with Crippen LogP contribution in [-0.4, -0.2) is 108 Å². The van der Waals surface area contributed by atoms with Crippen molar-refractivity contribution >= 4 is 76.6 Å². The second-order valence-electron chi connectivity index (χ2n) is 11.8. The normalized spacial score (nSPS) is 18.5. The fraction of sp³-hybridized carbons (Fsp3) is 0.294. The van der Waals surface area contributed by atoms with Gasteiger partial charge in [0.2, 0.25) is 23.6 Å². The molecule has 2 aromatic rings. The quantitative estimate of drug-likeness (QED) is 0.113. The van der Waals surface area contributed by atoms with E-state index in [1.807, 2.05) is 0 Å². The van der Waals surface area contributed by atoms with Crippen LogP contribution in [0.1, 0.15) is 92.9 Å². The van der Waals surface area contributed by atoms with Gasteiger partial charge in [0.25, 0.3) is 23.6 Å². The number of ketones is 1. The molecule has 2 fully saturated rings. The highest BCUT2D eigenvalue weighted by Gasteiger charge is 2.46. The number of carboxylic acids is 3. The van der Waals surface area contributed by atoms with E-state index in [9.17, 15) is 57.5 Å². The van der Waals surface area contributed by atoms with Crippen molar-refractivity contribution in [3.63, 3.8) is 0 Å². The monoisotopic (exact) mass is 751 g/mol. The van der Waals surface area contributed by atoms with Crippen molar-refractivity contribution < 1.29 is 72.9 Å². The fourth-order valence-corrected chi connectivity index (χ4v) is 5.85. The zero-order valence-corrected chi connectivity index (χ0v) is 27.3. The van der Waals surface area contributed by atoms with E-state index in [0.717, 1.165) is 9.80 Å². The molecule has 4 heterocycles. The Hall–Kier alpha value is -7.12. The topological polar surface area (TPSA) is 322 Å². The van der Waals surface area contributed by atoms with Gasteiger partial charge in [-0.1, -0.05) is 25.6 Å². The number of hydrogen-bond acceptors (Lipinski definition) is 13. The number of Topliss-reactive ketones (excluding diaryl/α,β-unsaturated/α-hetero) is 1. The number of nitrogens with one attached hydrogen (secondary N) is 2. The van der Waals surface area contributed by atoms with Gasteiger partial charge >= 0.3 is 17.9 Å². The predicted molar refractivity (Wildman–Crippen MR) is 178 cm³/mol. The van der Waals surface area contributed by atoms with Gasteiger partial charge in [-0.15, -0.1) is 0 Å². The minimum Gasteiger partial charge on any atom is -0.481 e. The van der Waals surface area contributed by atoms with Crippen LogP contribution in [0.15, 0.2) is 36.4 Å². The predicted octanol–water partition coefficient (Wildman–Crippen LogP) is -0.474. The van der Waals surface area contributed by atoms with Crippen LogP contribution in [0.4, 0.5) is 5.69 Å². The molecule has 8 amide bonds. The van der Waals surface area contributed by atoms with E-state index in [1.165, 1.54) is 30.3 Å². The van der Waals surface area contributed by atoms with Crippen LogP contribution >= 0.6 is 0 Å². The number of aliphatic carboxylic acids is 3. The molecule has 0 saturated carbocycles. The van der Waals surface area contributed by atoms with Crippen LogP contribution in [-0.2, 0) is 44.8 Å². The molecular weight excluding hydrogens is 718 g/mol. The Morgan fingerprint density at radius 1 is 0.630 bits per heavy atom. The Morgan fingerprint density at radius 3 is 1.46 bits per heavy atom. The molecule has 2 atom stereocenters. The summed E-state index contributed by atoms with van der Waals surface area (Å²) in [6.45, 7) is 0. The molecular formula is C34H33N5O15. The SMILES string of the molecule is C.Nc1cccc2c1C(=O)N(C1CCC(=O)NC1=O)C2=O.O=C(O)CC(=O)Cc1cccc2c1C(=O)N(C1CCC(=O)NC1=O)C2=O.O=C(O)CC(=O)O. The summed E-state index contributed by atoms with van der Waals surface area (Å²) in [4.78, 5) is 139. The average Bonchev–Trinajstić information content (AvgIpc) is 3.46. The van der Waals surface area contributed by atoms with Crippen molar-refractivity contribution in [1.29, 1.82) is 0 Å². The summed E-state index contributed by atoms with van der Waals surface area (Å²) >= 11 is 0. The maximum atomic E-state index is 12.8. The number of imide groups is 4. The molecule has 20 heteroatoms. The molecule has 284 valence electrons. The molecule has 4 aliphatic heterocycles. The second-order valence-corrected chi connectivity index (χ2v) is 11.8. The largest absolute Gasteiger partial charge is 0.481 e. The van der Waals surface area contributed by atoms with E-state index in [-0.39, 0.29) is 73.0 Å². The summed E-state index contributed by atoms with van der Waals surface area (Å²) < 4.78 is 0. The van der Waals surface area contributed by atoms with Gasteiger partial charge in [-0.3, -0.25) is 78.0 Å². The number of carbonyl (C=O) groups is 12. The standard InChI is InChI=1S/C17H14N2O7.C13H11N3O4.C3H4O4.CH4/c20-9(7-13(22)23)6-8-2-1-3-10-14(8)17(26)19(16(10)25)11-4-5-12(21)18-15(11)24;14-7-3-1-2-6-10(7)13(20)16(12(6)19)8-4-5-9(17)15-11(8)18;4-2(5)1-3(6)7;/h1-3,11H,4-7H2,(H,22,23)(H,18,21,24);1-3,8H,4-5,14H2,(H,15,17,18);1H2,(H,4,5)(H,6,7);1H4. The Balaban J connectivity index is 0.000000248. The number of anilines is 1. The highest BCUT2D eigenvalue weighted by molar-refractivity contribution is 6.26. The van der Waals surface area contributed by atoms with Crippen molar-refractivity contribution in [1.82, 2.24) is 20.4 Å². The zero-order chi connectivity index (χ0) is 39.3. The molecule has 2 aromatic carbocycles. The first-order valence-electron chi connectivity index (χ1n) is 15.5. The Kier molecular flexibility index (Phi) is 12.9. The Labute approximate surface area is 304 Å². The number of rotatable bonds is 8. The molecule has 0 aromatic heterocycles.